The fraction of sp³-hybridized carbons (Fsp3) is 0.500. The average molecular weight is 351 g/mol. The minimum absolute atomic E-state index is 0.0334. The Labute approximate surface area is 155 Å². The molecule has 4 nitrogen and oxygen atoms in total. The lowest BCUT2D eigenvalue weighted by atomic mass is 9.81. The van der Waals surface area contributed by atoms with Gasteiger partial charge in [-0.3, -0.25) is 19.8 Å². The second-order valence-electron chi connectivity index (χ2n) is 7.93. The van der Waals surface area contributed by atoms with E-state index in [0.29, 0.717) is 6.04 Å². The van der Waals surface area contributed by atoms with Crippen LogP contribution in [0, 0.1) is 12.8 Å². The molecule has 26 heavy (non-hydrogen) atoms. The van der Waals surface area contributed by atoms with E-state index in [4.69, 9.17) is 0 Å². The third-order valence-corrected chi connectivity index (χ3v) is 5.90. The molecule has 0 fully saturated rings. The van der Waals surface area contributed by atoms with Gasteiger partial charge in [-0.1, -0.05) is 39.0 Å². The van der Waals surface area contributed by atoms with Gasteiger partial charge in [0.25, 0.3) is 0 Å². The highest BCUT2D eigenvalue weighted by atomic mass is 16.2. The molecule has 2 aliphatic rings. The number of fused-ring (bicyclic) bond motifs is 2. The molecule has 2 aromatic rings. The summed E-state index contributed by atoms with van der Waals surface area (Å²) in [7, 11) is 0. The highest BCUT2D eigenvalue weighted by molar-refractivity contribution is 6.00. The Kier molecular flexibility index (Phi) is 4.39. The van der Waals surface area contributed by atoms with Crippen LogP contribution < -0.4 is 5.43 Å². The molecule has 1 amide bonds. The quantitative estimate of drug-likeness (QED) is 0.900. The largest absolute Gasteiger partial charge is 0.296 e. The summed E-state index contributed by atoms with van der Waals surface area (Å²) >= 11 is 0. The van der Waals surface area contributed by atoms with Crippen LogP contribution in [-0.4, -0.2) is 34.6 Å². The predicted molar refractivity (Wildman–Crippen MR) is 108 cm³/mol. The van der Waals surface area contributed by atoms with Crippen molar-refractivity contribution in [3.05, 3.63) is 41.1 Å². The predicted octanol–water partition coefficient (Wildman–Crippen LogP) is 4.10. The van der Waals surface area contributed by atoms with Crippen LogP contribution in [0.3, 0.4) is 0 Å². The maximum absolute atomic E-state index is 12.3. The van der Waals surface area contributed by atoms with Gasteiger partial charge in [-0.25, -0.2) is 0 Å². The first-order valence-corrected chi connectivity index (χ1v) is 9.91. The molecule has 0 saturated carbocycles. The standard InChI is InChI=1S/C22H29N3O/c1-5-11-24-12-7-9-16-17-8-6-10-19-21(17)18(13-20(16)24)15(4)25(19)23-22(26)14(2)3/h6,8-10,14,20H,5,7,11-13H2,1-4H3,(H,23,26)/t20-/m1/s1. The van der Waals surface area contributed by atoms with Crippen molar-refractivity contribution >= 4 is 22.4 Å². The average Bonchev–Trinajstić information content (AvgIpc) is 2.90. The van der Waals surface area contributed by atoms with Crippen LogP contribution in [0.4, 0.5) is 0 Å². The van der Waals surface area contributed by atoms with Gasteiger partial charge in [0.05, 0.1) is 5.52 Å². The van der Waals surface area contributed by atoms with E-state index in [-0.39, 0.29) is 11.8 Å². The first-order chi connectivity index (χ1) is 12.5. The van der Waals surface area contributed by atoms with E-state index in [2.05, 4.69) is 48.4 Å². The minimum atomic E-state index is -0.0334. The Morgan fingerprint density at radius 2 is 2.15 bits per heavy atom. The fourth-order valence-electron chi connectivity index (χ4n) is 4.57. The number of hydrogen-bond donors (Lipinski definition) is 1. The van der Waals surface area contributed by atoms with Crippen LogP contribution in [0.1, 0.15) is 50.4 Å². The molecular formula is C22H29N3O. The molecule has 2 heterocycles. The molecule has 4 rings (SSSR count). The second-order valence-corrected chi connectivity index (χ2v) is 7.93. The summed E-state index contributed by atoms with van der Waals surface area (Å²) in [4.78, 5) is 15.0. The van der Waals surface area contributed by atoms with Crippen molar-refractivity contribution in [1.29, 1.82) is 0 Å². The van der Waals surface area contributed by atoms with E-state index in [1.807, 2.05) is 18.5 Å². The third-order valence-electron chi connectivity index (χ3n) is 5.90. The molecule has 0 unspecified atom stereocenters. The van der Waals surface area contributed by atoms with Crippen LogP contribution in [0.2, 0.25) is 0 Å². The van der Waals surface area contributed by atoms with Crippen LogP contribution in [0.25, 0.3) is 16.5 Å². The lowest BCUT2D eigenvalue weighted by Gasteiger charge is -2.39. The minimum Gasteiger partial charge on any atom is -0.296 e. The summed E-state index contributed by atoms with van der Waals surface area (Å²) in [6.07, 6.45) is 5.79. The number of hydrogen-bond acceptors (Lipinski definition) is 2. The lowest BCUT2D eigenvalue weighted by Crippen LogP contribution is -2.42. The molecule has 1 N–H and O–H groups in total. The first-order valence-electron chi connectivity index (χ1n) is 9.91. The van der Waals surface area contributed by atoms with Crippen molar-refractivity contribution in [1.82, 2.24) is 9.58 Å². The molecule has 0 radical (unpaired) electrons. The zero-order valence-corrected chi connectivity index (χ0v) is 16.3. The number of carbonyl (C=O) groups excluding carboxylic acids is 1. The van der Waals surface area contributed by atoms with Gasteiger partial charge < -0.3 is 0 Å². The molecule has 1 aliphatic carbocycles. The third kappa shape index (κ3) is 2.59. The molecule has 0 saturated heterocycles. The van der Waals surface area contributed by atoms with E-state index >= 15 is 0 Å². The second kappa shape index (κ2) is 6.58. The normalized spacial score (nSPS) is 19.6. The highest BCUT2D eigenvalue weighted by Gasteiger charge is 2.34. The number of amides is 1. The Morgan fingerprint density at radius 3 is 2.88 bits per heavy atom. The summed E-state index contributed by atoms with van der Waals surface area (Å²) in [5, 5.41) is 1.33. The maximum atomic E-state index is 12.3. The van der Waals surface area contributed by atoms with Gasteiger partial charge in [0, 0.05) is 29.6 Å². The Bertz CT molecular complexity index is 890. The van der Waals surface area contributed by atoms with Crippen LogP contribution in [-0.2, 0) is 11.2 Å². The number of benzene rings is 1. The topological polar surface area (TPSA) is 37.3 Å². The molecule has 0 bridgehead atoms. The maximum Gasteiger partial charge on any atom is 0.241 e. The van der Waals surface area contributed by atoms with E-state index < -0.39 is 0 Å². The van der Waals surface area contributed by atoms with Gasteiger partial charge in [-0.2, -0.15) is 0 Å². The molecule has 1 aromatic heterocycles. The summed E-state index contributed by atoms with van der Waals surface area (Å²) in [5.74, 6) is 0.0272. The highest BCUT2D eigenvalue weighted by Crippen LogP contribution is 2.42. The summed E-state index contributed by atoms with van der Waals surface area (Å²) in [6, 6.07) is 6.98. The summed E-state index contributed by atoms with van der Waals surface area (Å²) in [6.45, 7) is 10.6. The first kappa shape index (κ1) is 17.3. The van der Waals surface area contributed by atoms with Crippen LogP contribution in [0.15, 0.2) is 24.3 Å². The summed E-state index contributed by atoms with van der Waals surface area (Å²) in [5.41, 5.74) is 9.65. The molecular weight excluding hydrogens is 322 g/mol. The van der Waals surface area contributed by atoms with Crippen molar-refractivity contribution < 1.29 is 4.79 Å². The molecule has 138 valence electrons. The van der Waals surface area contributed by atoms with Gasteiger partial charge in [0.2, 0.25) is 5.91 Å². The van der Waals surface area contributed by atoms with Gasteiger partial charge in [0.15, 0.2) is 0 Å². The zero-order chi connectivity index (χ0) is 18.4. The number of nitrogens with zero attached hydrogens (tertiary/aromatic N) is 2. The Morgan fingerprint density at radius 1 is 1.35 bits per heavy atom. The monoisotopic (exact) mass is 351 g/mol. The van der Waals surface area contributed by atoms with Gasteiger partial charge in [-0.05, 0) is 55.5 Å². The van der Waals surface area contributed by atoms with Crippen molar-refractivity contribution in [2.24, 2.45) is 5.92 Å². The van der Waals surface area contributed by atoms with Gasteiger partial charge >= 0.3 is 0 Å². The SMILES string of the molecule is CCCN1CCC=C2c3cccc4c3c(c(C)n4NC(=O)C(C)C)C[C@H]21. The number of aromatic nitrogens is 1. The molecule has 1 aliphatic heterocycles. The molecule has 0 spiro atoms. The lowest BCUT2D eigenvalue weighted by molar-refractivity contribution is -0.119. The Balaban J connectivity index is 1.86. The van der Waals surface area contributed by atoms with Crippen molar-refractivity contribution in [2.45, 2.75) is 53.0 Å². The number of carbonyl (C=O) groups is 1. The van der Waals surface area contributed by atoms with Gasteiger partial charge in [0.1, 0.15) is 0 Å². The zero-order valence-electron chi connectivity index (χ0n) is 16.3. The fourth-order valence-corrected chi connectivity index (χ4v) is 4.57. The molecule has 4 heteroatoms. The van der Waals surface area contributed by atoms with E-state index in [1.165, 1.54) is 34.2 Å². The van der Waals surface area contributed by atoms with Crippen molar-refractivity contribution in [3.63, 3.8) is 0 Å². The van der Waals surface area contributed by atoms with E-state index in [9.17, 15) is 4.79 Å². The number of nitrogens with one attached hydrogen (secondary N) is 1. The van der Waals surface area contributed by atoms with Crippen molar-refractivity contribution in [3.8, 4) is 0 Å². The van der Waals surface area contributed by atoms with Crippen molar-refractivity contribution in [2.75, 3.05) is 18.5 Å². The van der Waals surface area contributed by atoms with Crippen LogP contribution in [0.5, 0.6) is 0 Å². The Hall–Kier alpha value is -2.07. The van der Waals surface area contributed by atoms with Crippen LogP contribution >= 0.6 is 0 Å². The van der Waals surface area contributed by atoms with Gasteiger partial charge in [-0.15, -0.1) is 0 Å². The molecule has 1 aromatic carbocycles. The smallest absolute Gasteiger partial charge is 0.241 e. The van der Waals surface area contributed by atoms with E-state index in [0.717, 1.165) is 31.4 Å². The summed E-state index contributed by atoms with van der Waals surface area (Å²) < 4.78 is 2.01. The van der Waals surface area contributed by atoms with E-state index in [1.54, 1.807) is 0 Å². The molecule has 1 atom stereocenters. The number of rotatable bonds is 4.